The van der Waals surface area contributed by atoms with Gasteiger partial charge in [-0.3, -0.25) is 4.90 Å². The molecule has 0 spiro atoms. The fourth-order valence-electron chi connectivity index (χ4n) is 5.90. The van der Waals surface area contributed by atoms with E-state index in [1.807, 2.05) is 0 Å². The van der Waals surface area contributed by atoms with E-state index < -0.39 is 0 Å². The second-order valence-corrected chi connectivity index (χ2v) is 13.5. The average molecular weight is 582 g/mol. The van der Waals surface area contributed by atoms with Gasteiger partial charge in [0.2, 0.25) is 0 Å². The van der Waals surface area contributed by atoms with E-state index >= 15 is 0 Å². The maximum atomic E-state index is 6.44. The fourth-order valence-corrected chi connectivity index (χ4v) is 5.90. The molecule has 0 N–H and O–H groups in total. The van der Waals surface area contributed by atoms with Crippen molar-refractivity contribution in [2.45, 2.75) is 219 Å². The SMILES string of the molecule is CCCCCCCCCCCCCCCCOC(C)C(C)(OCCCCCCCCCCCCCCCC)N(C)C. The Morgan fingerprint density at radius 1 is 0.439 bits per heavy atom. The minimum Gasteiger partial charge on any atom is -0.374 e. The highest BCUT2D eigenvalue weighted by Gasteiger charge is 2.35. The number of ether oxygens (including phenoxy) is 2. The summed E-state index contributed by atoms with van der Waals surface area (Å²) in [7, 11) is 4.25. The summed E-state index contributed by atoms with van der Waals surface area (Å²) in [5.74, 6) is 0. The first-order valence-corrected chi connectivity index (χ1v) is 18.9. The third kappa shape index (κ3) is 26.0. The van der Waals surface area contributed by atoms with Crippen LogP contribution in [0, 0.1) is 0 Å². The summed E-state index contributed by atoms with van der Waals surface area (Å²) in [5, 5.41) is 0. The molecule has 0 aliphatic rings. The normalized spacial score (nSPS) is 14.1. The van der Waals surface area contributed by atoms with Crippen molar-refractivity contribution in [3.63, 3.8) is 0 Å². The predicted molar refractivity (Wildman–Crippen MR) is 184 cm³/mol. The lowest BCUT2D eigenvalue weighted by molar-refractivity contribution is -0.199. The largest absolute Gasteiger partial charge is 0.374 e. The van der Waals surface area contributed by atoms with E-state index in [9.17, 15) is 0 Å². The molecule has 0 fully saturated rings. The summed E-state index contributed by atoms with van der Waals surface area (Å²) >= 11 is 0. The summed E-state index contributed by atoms with van der Waals surface area (Å²) in [4.78, 5) is 2.20. The predicted octanol–water partition coefficient (Wildman–Crippen LogP) is 12.6. The summed E-state index contributed by atoms with van der Waals surface area (Å²) in [5.41, 5.74) is -0.355. The van der Waals surface area contributed by atoms with Crippen LogP contribution in [0.15, 0.2) is 0 Å². The van der Waals surface area contributed by atoms with E-state index in [-0.39, 0.29) is 11.8 Å². The van der Waals surface area contributed by atoms with Crippen molar-refractivity contribution < 1.29 is 9.47 Å². The first kappa shape index (κ1) is 40.9. The highest BCUT2D eigenvalue weighted by molar-refractivity contribution is 4.80. The van der Waals surface area contributed by atoms with Crippen molar-refractivity contribution in [1.29, 1.82) is 0 Å². The molecular weight excluding hydrogens is 502 g/mol. The number of likely N-dealkylation sites (N-methyl/N-ethyl adjacent to an activating group) is 1. The van der Waals surface area contributed by atoms with Gasteiger partial charge in [0.25, 0.3) is 0 Å². The van der Waals surface area contributed by atoms with Crippen LogP contribution in [0.1, 0.15) is 207 Å². The molecule has 41 heavy (non-hydrogen) atoms. The van der Waals surface area contributed by atoms with Crippen LogP contribution >= 0.6 is 0 Å². The average Bonchev–Trinajstić information content (AvgIpc) is 2.96. The Morgan fingerprint density at radius 3 is 1.00 bits per heavy atom. The van der Waals surface area contributed by atoms with Crippen molar-refractivity contribution in [3.05, 3.63) is 0 Å². The van der Waals surface area contributed by atoms with Gasteiger partial charge in [0.1, 0.15) is 5.72 Å². The van der Waals surface area contributed by atoms with Gasteiger partial charge in [-0.1, -0.05) is 181 Å². The lowest BCUT2D eigenvalue weighted by Gasteiger charge is -2.41. The Morgan fingerprint density at radius 2 is 0.707 bits per heavy atom. The van der Waals surface area contributed by atoms with Crippen LogP contribution in [-0.4, -0.2) is 44.0 Å². The van der Waals surface area contributed by atoms with Gasteiger partial charge in [-0.25, -0.2) is 0 Å². The molecule has 0 rings (SSSR count). The summed E-state index contributed by atoms with van der Waals surface area (Å²) in [6.45, 7) is 10.7. The molecule has 0 aromatic carbocycles. The van der Waals surface area contributed by atoms with Gasteiger partial charge < -0.3 is 9.47 Å². The van der Waals surface area contributed by atoms with Crippen molar-refractivity contribution >= 4 is 0 Å². The van der Waals surface area contributed by atoms with Crippen LogP contribution in [0.3, 0.4) is 0 Å². The van der Waals surface area contributed by atoms with Crippen molar-refractivity contribution in [2.24, 2.45) is 0 Å². The topological polar surface area (TPSA) is 21.7 Å². The fraction of sp³-hybridized carbons (Fsp3) is 1.00. The minimum absolute atomic E-state index is 0.0751. The van der Waals surface area contributed by atoms with Crippen molar-refractivity contribution in [2.75, 3.05) is 27.3 Å². The third-order valence-electron chi connectivity index (χ3n) is 9.40. The number of nitrogens with zero attached hydrogens (tertiary/aromatic N) is 1. The lowest BCUT2D eigenvalue weighted by Crippen LogP contribution is -2.53. The molecule has 3 heteroatoms. The molecule has 248 valence electrons. The molecule has 3 nitrogen and oxygen atoms in total. The van der Waals surface area contributed by atoms with E-state index in [0.717, 1.165) is 19.6 Å². The van der Waals surface area contributed by atoms with E-state index in [1.54, 1.807) is 0 Å². The van der Waals surface area contributed by atoms with Gasteiger partial charge in [-0.05, 0) is 40.8 Å². The van der Waals surface area contributed by atoms with E-state index in [1.165, 1.54) is 173 Å². The molecular formula is C38H79NO2. The Hall–Kier alpha value is -0.120. The molecule has 0 aliphatic carbocycles. The van der Waals surface area contributed by atoms with Gasteiger partial charge in [0, 0.05) is 13.2 Å². The molecule has 0 heterocycles. The van der Waals surface area contributed by atoms with Gasteiger partial charge in [-0.2, -0.15) is 0 Å². The van der Waals surface area contributed by atoms with Crippen LogP contribution < -0.4 is 0 Å². The second-order valence-electron chi connectivity index (χ2n) is 13.5. The highest BCUT2D eigenvalue weighted by Crippen LogP contribution is 2.23. The summed E-state index contributed by atoms with van der Waals surface area (Å²) in [6.07, 6.45) is 39.1. The number of hydrogen-bond acceptors (Lipinski definition) is 3. The third-order valence-corrected chi connectivity index (χ3v) is 9.40. The van der Waals surface area contributed by atoms with Crippen LogP contribution in [-0.2, 0) is 9.47 Å². The maximum Gasteiger partial charge on any atom is 0.144 e. The van der Waals surface area contributed by atoms with Gasteiger partial charge in [0.05, 0.1) is 6.10 Å². The zero-order valence-electron chi connectivity index (χ0n) is 29.6. The Balaban J connectivity index is 3.65. The molecule has 0 saturated heterocycles. The first-order chi connectivity index (χ1) is 20.0. The zero-order valence-corrected chi connectivity index (χ0v) is 29.6. The minimum atomic E-state index is -0.355. The quantitative estimate of drug-likeness (QED) is 0.0557. The molecule has 0 amide bonds. The Bertz CT molecular complexity index is 497. The van der Waals surface area contributed by atoms with Crippen LogP contribution in [0.2, 0.25) is 0 Å². The summed E-state index contributed by atoms with van der Waals surface area (Å²) in [6, 6.07) is 0. The molecule has 2 atom stereocenters. The van der Waals surface area contributed by atoms with Gasteiger partial charge in [-0.15, -0.1) is 0 Å². The number of unbranched alkanes of at least 4 members (excludes halogenated alkanes) is 26. The molecule has 0 radical (unpaired) electrons. The maximum absolute atomic E-state index is 6.44. The Kier molecular flexibility index (Phi) is 31.2. The van der Waals surface area contributed by atoms with Gasteiger partial charge >= 0.3 is 0 Å². The van der Waals surface area contributed by atoms with Crippen LogP contribution in [0.4, 0.5) is 0 Å². The molecule has 0 saturated carbocycles. The Labute approximate surface area is 260 Å². The molecule has 0 aromatic rings. The second kappa shape index (κ2) is 31.3. The molecule has 0 aliphatic heterocycles. The van der Waals surface area contributed by atoms with E-state index in [0.29, 0.717) is 0 Å². The van der Waals surface area contributed by atoms with Crippen molar-refractivity contribution in [3.8, 4) is 0 Å². The molecule has 0 bridgehead atoms. The van der Waals surface area contributed by atoms with Crippen LogP contribution in [0.5, 0.6) is 0 Å². The molecule has 2 unspecified atom stereocenters. The van der Waals surface area contributed by atoms with Crippen molar-refractivity contribution in [1.82, 2.24) is 4.90 Å². The van der Waals surface area contributed by atoms with Crippen LogP contribution in [0.25, 0.3) is 0 Å². The standard InChI is InChI=1S/C38H79NO2/c1-7-9-11-13-15-17-19-21-23-25-27-29-31-33-35-40-37(3)38(4,39(5)6)41-36-34-32-30-28-26-24-22-20-18-16-14-12-10-8-2/h37H,7-36H2,1-6H3. The molecule has 0 aromatic heterocycles. The summed E-state index contributed by atoms with van der Waals surface area (Å²) < 4.78 is 12.7. The lowest BCUT2D eigenvalue weighted by atomic mass is 10.0. The van der Waals surface area contributed by atoms with E-state index in [4.69, 9.17) is 9.47 Å². The highest BCUT2D eigenvalue weighted by atomic mass is 16.6. The smallest absolute Gasteiger partial charge is 0.144 e. The first-order valence-electron chi connectivity index (χ1n) is 18.9. The number of hydrogen-bond donors (Lipinski definition) is 0. The van der Waals surface area contributed by atoms with Gasteiger partial charge in [0.15, 0.2) is 0 Å². The zero-order chi connectivity index (χ0) is 30.3. The monoisotopic (exact) mass is 582 g/mol. The number of rotatable bonds is 34. The van der Waals surface area contributed by atoms with E-state index in [2.05, 4.69) is 46.7 Å².